The Kier molecular flexibility index (Phi) is 4.38. The van der Waals surface area contributed by atoms with Gasteiger partial charge in [-0.3, -0.25) is 9.59 Å². The van der Waals surface area contributed by atoms with Gasteiger partial charge in [0.25, 0.3) is 5.91 Å². The second-order valence-electron chi connectivity index (χ2n) is 5.55. The number of hydrogen-bond donors (Lipinski definition) is 2. The molecule has 1 aliphatic rings. The van der Waals surface area contributed by atoms with Gasteiger partial charge >= 0.3 is 5.97 Å². The van der Waals surface area contributed by atoms with E-state index >= 15 is 0 Å². The molecule has 25 heavy (non-hydrogen) atoms. The Morgan fingerprint density at radius 1 is 1.12 bits per heavy atom. The standard InChI is InChI=1S/C18H16N2O5/c1-25-14-8-6-13(7-9-14)20-16(21)10-15(17(20)22)19-12-4-2-11(3-5-12)18(23)24/h2-9,15,19H,10H2,1H3,(H,23,24). The summed E-state index contributed by atoms with van der Waals surface area (Å²) in [6, 6.07) is 12.0. The van der Waals surface area contributed by atoms with Gasteiger partial charge in [-0.15, -0.1) is 0 Å². The van der Waals surface area contributed by atoms with Crippen molar-refractivity contribution in [3.63, 3.8) is 0 Å². The zero-order valence-corrected chi connectivity index (χ0v) is 13.4. The smallest absolute Gasteiger partial charge is 0.335 e. The molecule has 7 heteroatoms. The van der Waals surface area contributed by atoms with Crippen molar-refractivity contribution in [2.75, 3.05) is 17.3 Å². The van der Waals surface area contributed by atoms with E-state index in [9.17, 15) is 14.4 Å². The number of carboxylic acids is 1. The topological polar surface area (TPSA) is 95.9 Å². The summed E-state index contributed by atoms with van der Waals surface area (Å²) in [6.45, 7) is 0. The number of carboxylic acid groups (broad SMARTS) is 1. The number of methoxy groups -OCH3 is 1. The summed E-state index contributed by atoms with van der Waals surface area (Å²) in [5, 5.41) is 11.9. The molecular weight excluding hydrogens is 324 g/mol. The van der Waals surface area contributed by atoms with E-state index in [-0.39, 0.29) is 23.8 Å². The third kappa shape index (κ3) is 3.30. The van der Waals surface area contributed by atoms with Crippen LogP contribution in [0.15, 0.2) is 48.5 Å². The molecule has 0 radical (unpaired) electrons. The maximum absolute atomic E-state index is 12.6. The molecule has 3 rings (SSSR count). The molecule has 0 aromatic heterocycles. The molecule has 1 fully saturated rings. The number of nitrogens with zero attached hydrogens (tertiary/aromatic N) is 1. The van der Waals surface area contributed by atoms with Gasteiger partial charge in [0.1, 0.15) is 11.8 Å². The zero-order chi connectivity index (χ0) is 18.0. The van der Waals surface area contributed by atoms with Gasteiger partial charge in [0.05, 0.1) is 24.8 Å². The van der Waals surface area contributed by atoms with Crippen LogP contribution in [0.3, 0.4) is 0 Å². The Balaban J connectivity index is 1.75. The first-order chi connectivity index (χ1) is 12.0. The molecule has 2 amide bonds. The van der Waals surface area contributed by atoms with Crippen molar-refractivity contribution in [1.82, 2.24) is 0 Å². The second-order valence-corrected chi connectivity index (χ2v) is 5.55. The van der Waals surface area contributed by atoms with Crippen LogP contribution in [-0.4, -0.2) is 36.0 Å². The third-order valence-corrected chi connectivity index (χ3v) is 3.95. The van der Waals surface area contributed by atoms with Crippen LogP contribution in [0.25, 0.3) is 0 Å². The average molecular weight is 340 g/mol. The van der Waals surface area contributed by atoms with Gasteiger partial charge in [-0.2, -0.15) is 0 Å². The van der Waals surface area contributed by atoms with E-state index < -0.39 is 12.0 Å². The lowest BCUT2D eigenvalue weighted by Crippen LogP contribution is -2.34. The van der Waals surface area contributed by atoms with Crippen LogP contribution in [0, 0.1) is 0 Å². The first-order valence-electron chi connectivity index (χ1n) is 7.60. The third-order valence-electron chi connectivity index (χ3n) is 3.95. The predicted octanol–water partition coefficient (Wildman–Crippen LogP) is 2.14. The number of nitrogens with one attached hydrogen (secondary N) is 1. The van der Waals surface area contributed by atoms with Crippen molar-refractivity contribution in [1.29, 1.82) is 0 Å². The van der Waals surface area contributed by atoms with Crippen molar-refractivity contribution in [2.45, 2.75) is 12.5 Å². The van der Waals surface area contributed by atoms with E-state index in [1.54, 1.807) is 36.4 Å². The molecule has 1 unspecified atom stereocenters. The number of carbonyl (C=O) groups is 3. The molecule has 2 aromatic carbocycles. The Labute approximate surface area is 143 Å². The van der Waals surface area contributed by atoms with Crippen LogP contribution in [-0.2, 0) is 9.59 Å². The van der Waals surface area contributed by atoms with Crippen molar-refractivity contribution >= 4 is 29.2 Å². The van der Waals surface area contributed by atoms with Gasteiger partial charge in [-0.05, 0) is 48.5 Å². The van der Waals surface area contributed by atoms with E-state index in [0.717, 1.165) is 4.90 Å². The number of ether oxygens (including phenoxy) is 1. The molecule has 7 nitrogen and oxygen atoms in total. The normalized spacial score (nSPS) is 16.8. The molecule has 0 saturated carbocycles. The summed E-state index contributed by atoms with van der Waals surface area (Å²) in [4.78, 5) is 36.8. The molecule has 2 aromatic rings. The lowest BCUT2D eigenvalue weighted by atomic mass is 10.2. The summed E-state index contributed by atoms with van der Waals surface area (Å²) in [5.41, 5.74) is 1.22. The van der Waals surface area contributed by atoms with Gasteiger partial charge in [-0.25, -0.2) is 9.69 Å². The first-order valence-corrected chi connectivity index (χ1v) is 7.60. The number of aromatic carboxylic acids is 1. The van der Waals surface area contributed by atoms with Crippen molar-refractivity contribution < 1.29 is 24.2 Å². The molecule has 1 saturated heterocycles. The summed E-state index contributed by atoms with van der Waals surface area (Å²) in [5.74, 6) is -1.03. The van der Waals surface area contributed by atoms with Crippen LogP contribution in [0.5, 0.6) is 5.75 Å². The summed E-state index contributed by atoms with van der Waals surface area (Å²) < 4.78 is 5.07. The van der Waals surface area contributed by atoms with Gasteiger partial charge < -0.3 is 15.2 Å². The number of rotatable bonds is 5. The minimum absolute atomic E-state index is 0.0333. The SMILES string of the molecule is COc1ccc(N2C(=O)CC(Nc3ccc(C(=O)O)cc3)C2=O)cc1. The van der Waals surface area contributed by atoms with Crippen LogP contribution in [0.2, 0.25) is 0 Å². The van der Waals surface area contributed by atoms with Gasteiger partial charge in [0.2, 0.25) is 5.91 Å². The fourth-order valence-corrected chi connectivity index (χ4v) is 2.66. The van der Waals surface area contributed by atoms with E-state index in [2.05, 4.69) is 5.32 Å². The van der Waals surface area contributed by atoms with Crippen LogP contribution in [0.4, 0.5) is 11.4 Å². The number of imide groups is 1. The highest BCUT2D eigenvalue weighted by atomic mass is 16.5. The summed E-state index contributed by atoms with van der Waals surface area (Å²) in [7, 11) is 1.54. The van der Waals surface area contributed by atoms with E-state index in [1.165, 1.54) is 19.2 Å². The molecule has 0 bridgehead atoms. The number of anilines is 2. The second kappa shape index (κ2) is 6.64. The minimum atomic E-state index is -1.02. The van der Waals surface area contributed by atoms with E-state index in [4.69, 9.17) is 9.84 Å². The van der Waals surface area contributed by atoms with E-state index in [1.807, 2.05) is 0 Å². The van der Waals surface area contributed by atoms with Gasteiger partial charge in [-0.1, -0.05) is 0 Å². The lowest BCUT2D eigenvalue weighted by Gasteiger charge is -2.16. The molecular formula is C18H16N2O5. The zero-order valence-electron chi connectivity index (χ0n) is 13.4. The van der Waals surface area contributed by atoms with E-state index in [0.29, 0.717) is 17.1 Å². The number of hydrogen-bond acceptors (Lipinski definition) is 5. The maximum Gasteiger partial charge on any atom is 0.335 e. The number of carbonyl (C=O) groups excluding carboxylic acids is 2. The van der Waals surface area contributed by atoms with Crippen molar-refractivity contribution in [3.05, 3.63) is 54.1 Å². The summed E-state index contributed by atoms with van der Waals surface area (Å²) in [6.07, 6.45) is 0.0333. The van der Waals surface area contributed by atoms with Gasteiger partial charge in [0.15, 0.2) is 0 Å². The predicted molar refractivity (Wildman–Crippen MR) is 90.9 cm³/mol. The molecule has 0 spiro atoms. The van der Waals surface area contributed by atoms with Crippen LogP contribution < -0.4 is 15.0 Å². The molecule has 1 heterocycles. The number of amides is 2. The quantitative estimate of drug-likeness (QED) is 0.810. The molecule has 128 valence electrons. The molecule has 1 aliphatic heterocycles. The highest BCUT2D eigenvalue weighted by Gasteiger charge is 2.39. The lowest BCUT2D eigenvalue weighted by molar-refractivity contribution is -0.121. The average Bonchev–Trinajstić information content (AvgIpc) is 2.89. The fraction of sp³-hybridized carbons (Fsp3) is 0.167. The molecule has 2 N–H and O–H groups in total. The molecule has 1 atom stereocenters. The van der Waals surface area contributed by atoms with Crippen LogP contribution >= 0.6 is 0 Å². The molecule has 0 aliphatic carbocycles. The Morgan fingerprint density at radius 2 is 1.76 bits per heavy atom. The van der Waals surface area contributed by atoms with Crippen molar-refractivity contribution in [2.24, 2.45) is 0 Å². The highest BCUT2D eigenvalue weighted by Crippen LogP contribution is 2.26. The first kappa shape index (κ1) is 16.5. The van der Waals surface area contributed by atoms with Crippen LogP contribution in [0.1, 0.15) is 16.8 Å². The van der Waals surface area contributed by atoms with Crippen molar-refractivity contribution in [3.8, 4) is 5.75 Å². The summed E-state index contributed by atoms with van der Waals surface area (Å²) >= 11 is 0. The Bertz CT molecular complexity index is 814. The van der Waals surface area contributed by atoms with Gasteiger partial charge in [0, 0.05) is 5.69 Å². The Morgan fingerprint density at radius 3 is 2.32 bits per heavy atom. The fourth-order valence-electron chi connectivity index (χ4n) is 2.66. The largest absolute Gasteiger partial charge is 0.497 e. The number of benzene rings is 2. The highest BCUT2D eigenvalue weighted by molar-refractivity contribution is 6.23. The minimum Gasteiger partial charge on any atom is -0.497 e. The Hall–Kier alpha value is -3.35. The monoisotopic (exact) mass is 340 g/mol. The maximum atomic E-state index is 12.6.